The lowest BCUT2D eigenvalue weighted by molar-refractivity contribution is -0.150. The number of hydrogen-bond acceptors (Lipinski definition) is 4. The van der Waals surface area contributed by atoms with Gasteiger partial charge in [0.25, 0.3) is 5.91 Å². The fraction of sp³-hybridized carbons (Fsp3) is 0.368. The van der Waals surface area contributed by atoms with Gasteiger partial charge in [-0.05, 0) is 42.5 Å². The molecule has 2 heterocycles. The van der Waals surface area contributed by atoms with Crippen LogP contribution >= 0.6 is 0 Å². The molecule has 0 saturated carbocycles. The molecule has 0 fully saturated rings. The third-order valence-corrected chi connectivity index (χ3v) is 4.56. The van der Waals surface area contributed by atoms with Gasteiger partial charge in [-0.1, -0.05) is 19.1 Å². The van der Waals surface area contributed by atoms with Crippen molar-refractivity contribution in [3.63, 3.8) is 0 Å². The molecule has 0 spiro atoms. The molecule has 1 aromatic heterocycles. The zero-order chi connectivity index (χ0) is 19.7. The van der Waals surface area contributed by atoms with Gasteiger partial charge in [-0.25, -0.2) is 9.37 Å². The quantitative estimate of drug-likeness (QED) is 0.862. The van der Waals surface area contributed by atoms with Crippen molar-refractivity contribution in [2.45, 2.75) is 33.0 Å². The second kappa shape index (κ2) is 7.56. The van der Waals surface area contributed by atoms with E-state index in [2.05, 4.69) is 9.72 Å². The van der Waals surface area contributed by atoms with Gasteiger partial charge < -0.3 is 15.2 Å². The van der Waals surface area contributed by atoms with Crippen LogP contribution in [0.4, 0.5) is 13.2 Å². The molecule has 2 atom stereocenters. The van der Waals surface area contributed by atoms with Gasteiger partial charge in [-0.2, -0.15) is 8.78 Å². The molecule has 2 aromatic rings. The summed E-state index contributed by atoms with van der Waals surface area (Å²) in [6, 6.07) is 6.18. The third kappa shape index (κ3) is 4.05. The number of aryl methyl sites for hydroxylation is 1. The number of amides is 1. The highest BCUT2D eigenvalue weighted by atomic mass is 19.3. The molecule has 1 aliphatic heterocycles. The molecule has 0 bridgehead atoms. The van der Waals surface area contributed by atoms with Crippen LogP contribution in [0.25, 0.3) is 11.1 Å². The molecule has 1 aliphatic rings. The molecule has 1 amide bonds. The monoisotopic (exact) mass is 380 g/mol. The fourth-order valence-corrected chi connectivity index (χ4v) is 3.13. The Kier molecular flexibility index (Phi) is 5.36. The molecule has 1 aromatic carbocycles. The molecule has 144 valence electrons. The van der Waals surface area contributed by atoms with E-state index in [9.17, 15) is 18.0 Å². The summed E-state index contributed by atoms with van der Waals surface area (Å²) in [4.78, 5) is 15.8. The van der Waals surface area contributed by atoms with Crippen molar-refractivity contribution in [3.8, 4) is 17.0 Å². The molecule has 8 heteroatoms. The maximum Gasteiger partial charge on any atom is 0.345 e. The molecule has 0 saturated heterocycles. The van der Waals surface area contributed by atoms with E-state index in [0.717, 1.165) is 5.56 Å². The Bertz CT molecular complexity index is 874. The van der Waals surface area contributed by atoms with Crippen LogP contribution < -0.4 is 10.5 Å². The van der Waals surface area contributed by atoms with Crippen molar-refractivity contribution >= 4 is 5.91 Å². The van der Waals surface area contributed by atoms with Crippen molar-refractivity contribution in [2.75, 3.05) is 6.61 Å². The average molecular weight is 380 g/mol. The van der Waals surface area contributed by atoms with Crippen molar-refractivity contribution in [1.82, 2.24) is 4.98 Å². The van der Waals surface area contributed by atoms with E-state index >= 15 is 0 Å². The van der Waals surface area contributed by atoms with Gasteiger partial charge in [0.15, 0.2) is 0 Å². The standard InChI is InChI=1S/C19H19F3N2O3/c1-9-3-4-11(14(20)5-9)12-7-15(17(23)25)24-18-13(12)6-10(2)16(27-18)8-26-19(21)22/h3-5,7,10,16,19H,6,8H2,1-2H3,(H2,23,25)/t10-,16-/m1/s1. The lowest BCUT2D eigenvalue weighted by Gasteiger charge is -2.32. The first-order chi connectivity index (χ1) is 12.8. The van der Waals surface area contributed by atoms with E-state index < -0.39 is 24.4 Å². The zero-order valence-corrected chi connectivity index (χ0v) is 14.8. The van der Waals surface area contributed by atoms with Gasteiger partial charge in [0.05, 0.1) is 6.61 Å². The Morgan fingerprint density at radius 2 is 2.11 bits per heavy atom. The van der Waals surface area contributed by atoms with Crippen molar-refractivity contribution in [2.24, 2.45) is 11.7 Å². The first kappa shape index (κ1) is 19.2. The maximum absolute atomic E-state index is 14.5. The Balaban J connectivity index is 2.07. The first-order valence-corrected chi connectivity index (χ1v) is 8.43. The summed E-state index contributed by atoms with van der Waals surface area (Å²) in [5, 5.41) is 0. The highest BCUT2D eigenvalue weighted by molar-refractivity contribution is 5.93. The normalized spacial score (nSPS) is 18.9. The van der Waals surface area contributed by atoms with Crippen molar-refractivity contribution < 1.29 is 27.4 Å². The number of alkyl halides is 2. The predicted molar refractivity (Wildman–Crippen MR) is 92.1 cm³/mol. The van der Waals surface area contributed by atoms with Crippen LogP contribution in [0.3, 0.4) is 0 Å². The number of rotatable bonds is 5. The summed E-state index contributed by atoms with van der Waals surface area (Å²) in [6.45, 7) is 0.348. The summed E-state index contributed by atoms with van der Waals surface area (Å²) >= 11 is 0. The molecule has 27 heavy (non-hydrogen) atoms. The number of aromatic nitrogens is 1. The smallest absolute Gasteiger partial charge is 0.345 e. The van der Waals surface area contributed by atoms with E-state index in [1.165, 1.54) is 12.1 Å². The minimum Gasteiger partial charge on any atom is -0.471 e. The second-order valence-electron chi connectivity index (χ2n) is 6.62. The van der Waals surface area contributed by atoms with E-state index in [0.29, 0.717) is 23.1 Å². The number of halogens is 3. The van der Waals surface area contributed by atoms with Crippen LogP contribution in [0.2, 0.25) is 0 Å². The van der Waals surface area contributed by atoms with E-state index in [1.54, 1.807) is 19.1 Å². The summed E-state index contributed by atoms with van der Waals surface area (Å²) < 4.78 is 49.3. The molecule has 0 radical (unpaired) electrons. The Labute approximate surface area is 154 Å². The first-order valence-electron chi connectivity index (χ1n) is 8.43. The summed E-state index contributed by atoms with van der Waals surface area (Å²) in [7, 11) is 0. The highest BCUT2D eigenvalue weighted by Gasteiger charge is 2.32. The summed E-state index contributed by atoms with van der Waals surface area (Å²) in [5.41, 5.74) is 7.35. The minimum atomic E-state index is -2.91. The number of carbonyl (C=O) groups is 1. The number of nitrogens with zero attached hydrogens (tertiary/aromatic N) is 1. The van der Waals surface area contributed by atoms with Crippen LogP contribution in [0, 0.1) is 18.7 Å². The zero-order valence-electron chi connectivity index (χ0n) is 14.8. The van der Waals surface area contributed by atoms with Gasteiger partial charge in [-0.15, -0.1) is 0 Å². The lowest BCUT2D eigenvalue weighted by atomic mass is 9.88. The van der Waals surface area contributed by atoms with E-state index in [4.69, 9.17) is 10.5 Å². The molecular weight excluding hydrogens is 361 g/mol. The van der Waals surface area contributed by atoms with Gasteiger partial charge in [0.1, 0.15) is 17.6 Å². The number of carbonyl (C=O) groups excluding carboxylic acids is 1. The molecule has 2 N–H and O–H groups in total. The summed E-state index contributed by atoms with van der Waals surface area (Å²) in [5.74, 6) is -1.34. The van der Waals surface area contributed by atoms with Crippen LogP contribution in [0.5, 0.6) is 5.88 Å². The van der Waals surface area contributed by atoms with Gasteiger partial charge in [-0.3, -0.25) is 4.79 Å². The van der Waals surface area contributed by atoms with Gasteiger partial charge >= 0.3 is 6.61 Å². The molecule has 0 unspecified atom stereocenters. The largest absolute Gasteiger partial charge is 0.471 e. The Hall–Kier alpha value is -2.61. The Morgan fingerprint density at radius 3 is 2.74 bits per heavy atom. The highest BCUT2D eigenvalue weighted by Crippen LogP contribution is 2.38. The van der Waals surface area contributed by atoms with Gasteiger partial charge in [0, 0.05) is 11.1 Å². The SMILES string of the molecule is Cc1ccc(-c2cc(C(N)=O)nc3c2C[C@@H](C)[C@@H](COC(F)F)O3)c(F)c1. The topological polar surface area (TPSA) is 74.4 Å². The number of nitrogens with two attached hydrogens (primary N) is 1. The van der Waals surface area contributed by atoms with Crippen molar-refractivity contribution in [3.05, 3.63) is 46.9 Å². The second-order valence-corrected chi connectivity index (χ2v) is 6.62. The van der Waals surface area contributed by atoms with Crippen molar-refractivity contribution in [1.29, 1.82) is 0 Å². The van der Waals surface area contributed by atoms with E-state index in [-0.39, 0.29) is 24.1 Å². The molecule has 5 nitrogen and oxygen atoms in total. The van der Waals surface area contributed by atoms with Crippen LogP contribution in [0.1, 0.15) is 28.5 Å². The summed E-state index contributed by atoms with van der Waals surface area (Å²) in [6.07, 6.45) is -0.265. The minimum absolute atomic E-state index is 0.0854. The van der Waals surface area contributed by atoms with Crippen LogP contribution in [-0.2, 0) is 11.2 Å². The number of pyridine rings is 1. The average Bonchev–Trinajstić information content (AvgIpc) is 2.59. The third-order valence-electron chi connectivity index (χ3n) is 4.56. The van der Waals surface area contributed by atoms with Crippen LogP contribution in [-0.4, -0.2) is 30.2 Å². The van der Waals surface area contributed by atoms with Gasteiger partial charge in [0.2, 0.25) is 5.88 Å². The number of ether oxygens (including phenoxy) is 2. The number of primary amides is 1. The number of fused-ring (bicyclic) bond motifs is 1. The lowest BCUT2D eigenvalue weighted by Crippen LogP contribution is -2.36. The molecule has 3 rings (SSSR count). The number of hydrogen-bond donors (Lipinski definition) is 1. The number of benzene rings is 1. The molecule has 0 aliphatic carbocycles. The predicted octanol–water partition coefficient (Wildman–Crippen LogP) is 3.47. The van der Waals surface area contributed by atoms with Crippen LogP contribution in [0.15, 0.2) is 24.3 Å². The fourth-order valence-electron chi connectivity index (χ4n) is 3.13. The maximum atomic E-state index is 14.5. The van der Waals surface area contributed by atoms with E-state index in [1.807, 2.05) is 6.92 Å². The Morgan fingerprint density at radius 1 is 1.37 bits per heavy atom. The molecular formula is C19H19F3N2O3.